The van der Waals surface area contributed by atoms with Crippen LogP contribution < -0.4 is 0 Å². The topological polar surface area (TPSA) is 37.4 Å². The van der Waals surface area contributed by atoms with E-state index in [0.29, 0.717) is 29.8 Å². The van der Waals surface area contributed by atoms with Crippen LogP contribution in [0.4, 0.5) is 0 Å². The summed E-state index contributed by atoms with van der Waals surface area (Å²) >= 11 is 0. The summed E-state index contributed by atoms with van der Waals surface area (Å²) in [4.78, 5) is 0.404. The lowest BCUT2D eigenvalue weighted by atomic mass is 9.94. The van der Waals surface area contributed by atoms with Gasteiger partial charge in [-0.15, -0.1) is 0 Å². The van der Waals surface area contributed by atoms with Gasteiger partial charge in [-0.2, -0.15) is 4.31 Å². The zero-order valence-corrected chi connectivity index (χ0v) is 11.2. The van der Waals surface area contributed by atoms with Gasteiger partial charge in [0, 0.05) is 13.1 Å². The summed E-state index contributed by atoms with van der Waals surface area (Å²) in [5.41, 5.74) is 0. The molecule has 0 saturated carbocycles. The Balaban J connectivity index is 2.27. The van der Waals surface area contributed by atoms with Crippen LogP contribution in [-0.4, -0.2) is 25.8 Å². The maximum atomic E-state index is 12.4. The quantitative estimate of drug-likeness (QED) is 0.811. The highest BCUT2D eigenvalue weighted by atomic mass is 32.2. The fraction of sp³-hybridized carbons (Fsp3) is 0.538. The van der Waals surface area contributed by atoms with Crippen molar-refractivity contribution in [2.75, 3.05) is 13.1 Å². The van der Waals surface area contributed by atoms with Crippen molar-refractivity contribution in [3.63, 3.8) is 0 Å². The van der Waals surface area contributed by atoms with Gasteiger partial charge in [0.1, 0.15) is 0 Å². The summed E-state index contributed by atoms with van der Waals surface area (Å²) in [6.45, 7) is 5.51. The lowest BCUT2D eigenvalue weighted by Crippen LogP contribution is -2.42. The summed E-state index contributed by atoms with van der Waals surface area (Å²) in [7, 11) is -3.29. The normalized spacial score (nSPS) is 26.9. The Kier molecular flexibility index (Phi) is 3.54. The molecule has 0 N–H and O–H groups in total. The Morgan fingerprint density at radius 1 is 1.06 bits per heavy atom. The van der Waals surface area contributed by atoms with E-state index in [9.17, 15) is 8.42 Å². The lowest BCUT2D eigenvalue weighted by molar-refractivity contribution is 0.222. The van der Waals surface area contributed by atoms with Gasteiger partial charge in [-0.1, -0.05) is 32.0 Å². The molecule has 1 aliphatic rings. The van der Waals surface area contributed by atoms with E-state index in [0.717, 1.165) is 6.42 Å². The van der Waals surface area contributed by atoms with Crippen LogP contribution in [0, 0.1) is 11.8 Å². The largest absolute Gasteiger partial charge is 0.243 e. The molecule has 0 aliphatic carbocycles. The first kappa shape index (κ1) is 12.6. The number of benzene rings is 1. The SMILES string of the molecule is C[C@@H]1C[C@H](C)CN(S(=O)(=O)c2ccccc2)C1. The van der Waals surface area contributed by atoms with Crippen molar-refractivity contribution in [1.29, 1.82) is 0 Å². The van der Waals surface area contributed by atoms with Crippen LogP contribution in [0.15, 0.2) is 35.2 Å². The van der Waals surface area contributed by atoms with E-state index in [2.05, 4.69) is 13.8 Å². The van der Waals surface area contributed by atoms with E-state index in [4.69, 9.17) is 0 Å². The van der Waals surface area contributed by atoms with Gasteiger partial charge in [-0.05, 0) is 30.4 Å². The molecule has 0 bridgehead atoms. The maximum Gasteiger partial charge on any atom is 0.243 e. The maximum absolute atomic E-state index is 12.4. The molecule has 17 heavy (non-hydrogen) atoms. The summed E-state index contributed by atoms with van der Waals surface area (Å²) in [5.74, 6) is 0.884. The highest BCUT2D eigenvalue weighted by Crippen LogP contribution is 2.26. The molecule has 3 nitrogen and oxygen atoms in total. The fourth-order valence-electron chi connectivity index (χ4n) is 2.54. The molecule has 1 heterocycles. The number of hydrogen-bond donors (Lipinski definition) is 0. The molecule has 0 unspecified atom stereocenters. The minimum Gasteiger partial charge on any atom is -0.207 e. The Labute approximate surface area is 104 Å². The van der Waals surface area contributed by atoms with E-state index >= 15 is 0 Å². The molecule has 0 aromatic heterocycles. The second kappa shape index (κ2) is 4.78. The first-order valence-electron chi connectivity index (χ1n) is 6.05. The van der Waals surface area contributed by atoms with E-state index in [-0.39, 0.29) is 0 Å². The monoisotopic (exact) mass is 253 g/mol. The Morgan fingerprint density at radius 2 is 1.59 bits per heavy atom. The highest BCUT2D eigenvalue weighted by Gasteiger charge is 2.31. The van der Waals surface area contributed by atoms with Crippen LogP contribution in [0.2, 0.25) is 0 Å². The molecule has 94 valence electrons. The average molecular weight is 253 g/mol. The molecule has 0 amide bonds. The van der Waals surface area contributed by atoms with Crippen LogP contribution in [0.5, 0.6) is 0 Å². The summed E-state index contributed by atoms with van der Waals surface area (Å²) in [5, 5.41) is 0. The molecular formula is C13H19NO2S. The molecule has 1 aromatic rings. The van der Waals surface area contributed by atoms with E-state index in [1.807, 2.05) is 6.07 Å². The van der Waals surface area contributed by atoms with E-state index < -0.39 is 10.0 Å². The molecule has 1 aliphatic heterocycles. The predicted molar refractivity (Wildman–Crippen MR) is 68.1 cm³/mol. The zero-order chi connectivity index (χ0) is 12.5. The van der Waals surface area contributed by atoms with Gasteiger partial charge in [-0.25, -0.2) is 8.42 Å². The second-order valence-corrected chi connectivity index (χ2v) is 7.02. The predicted octanol–water partition coefficient (Wildman–Crippen LogP) is 2.35. The summed E-state index contributed by atoms with van der Waals surface area (Å²) < 4.78 is 26.4. The molecule has 4 heteroatoms. The van der Waals surface area contributed by atoms with Crippen molar-refractivity contribution < 1.29 is 8.42 Å². The van der Waals surface area contributed by atoms with Crippen LogP contribution in [0.1, 0.15) is 20.3 Å². The summed E-state index contributed by atoms with van der Waals surface area (Å²) in [6, 6.07) is 8.70. The zero-order valence-electron chi connectivity index (χ0n) is 10.3. The van der Waals surface area contributed by atoms with Gasteiger partial charge in [0.2, 0.25) is 10.0 Å². The van der Waals surface area contributed by atoms with E-state index in [1.54, 1.807) is 28.6 Å². The smallest absolute Gasteiger partial charge is 0.207 e. The van der Waals surface area contributed by atoms with Crippen LogP contribution in [-0.2, 0) is 10.0 Å². The number of rotatable bonds is 2. The number of hydrogen-bond acceptors (Lipinski definition) is 2. The number of nitrogens with zero attached hydrogens (tertiary/aromatic N) is 1. The van der Waals surface area contributed by atoms with Crippen molar-refractivity contribution in [2.24, 2.45) is 11.8 Å². The molecular weight excluding hydrogens is 234 g/mol. The van der Waals surface area contributed by atoms with Crippen molar-refractivity contribution in [1.82, 2.24) is 4.31 Å². The van der Waals surface area contributed by atoms with Gasteiger partial charge in [0.25, 0.3) is 0 Å². The summed E-state index contributed by atoms with van der Waals surface area (Å²) in [6.07, 6.45) is 1.11. The Bertz CT molecular complexity index is 459. The van der Waals surface area contributed by atoms with Gasteiger partial charge >= 0.3 is 0 Å². The molecule has 1 aromatic carbocycles. The number of sulfonamides is 1. The van der Waals surface area contributed by atoms with Crippen molar-refractivity contribution in [2.45, 2.75) is 25.2 Å². The highest BCUT2D eigenvalue weighted by molar-refractivity contribution is 7.89. The van der Waals surface area contributed by atoms with Crippen LogP contribution >= 0.6 is 0 Å². The Morgan fingerprint density at radius 3 is 2.12 bits per heavy atom. The first-order chi connectivity index (χ1) is 8.00. The van der Waals surface area contributed by atoms with Gasteiger partial charge in [-0.3, -0.25) is 0 Å². The van der Waals surface area contributed by atoms with Gasteiger partial charge in [0.05, 0.1) is 4.90 Å². The van der Waals surface area contributed by atoms with Crippen molar-refractivity contribution in [3.8, 4) is 0 Å². The van der Waals surface area contributed by atoms with E-state index in [1.165, 1.54) is 0 Å². The van der Waals surface area contributed by atoms with Gasteiger partial charge in [0.15, 0.2) is 0 Å². The molecule has 0 spiro atoms. The molecule has 2 atom stereocenters. The molecule has 2 rings (SSSR count). The third-order valence-corrected chi connectivity index (χ3v) is 5.06. The lowest BCUT2D eigenvalue weighted by Gasteiger charge is -2.34. The van der Waals surface area contributed by atoms with Gasteiger partial charge < -0.3 is 0 Å². The first-order valence-corrected chi connectivity index (χ1v) is 7.49. The second-order valence-electron chi connectivity index (χ2n) is 5.08. The molecule has 1 fully saturated rings. The molecule has 0 radical (unpaired) electrons. The average Bonchev–Trinajstić information content (AvgIpc) is 2.29. The third kappa shape index (κ3) is 2.69. The van der Waals surface area contributed by atoms with Crippen LogP contribution in [0.25, 0.3) is 0 Å². The minimum absolute atomic E-state index is 0.404. The Hall–Kier alpha value is -0.870. The standard InChI is InChI=1S/C13H19NO2S/c1-11-8-12(2)10-14(9-11)17(15,16)13-6-4-3-5-7-13/h3-7,11-12H,8-10H2,1-2H3/t11-,12+. The number of piperidine rings is 1. The fourth-order valence-corrected chi connectivity index (χ4v) is 4.24. The third-order valence-electron chi connectivity index (χ3n) is 3.22. The van der Waals surface area contributed by atoms with Crippen LogP contribution in [0.3, 0.4) is 0 Å². The minimum atomic E-state index is -3.29. The molecule has 1 saturated heterocycles. The van der Waals surface area contributed by atoms with Crippen molar-refractivity contribution in [3.05, 3.63) is 30.3 Å². The van der Waals surface area contributed by atoms with Crippen molar-refractivity contribution >= 4 is 10.0 Å².